The maximum absolute atomic E-state index is 13.2. The molecule has 1 aromatic carbocycles. The number of aryl methyl sites for hydroxylation is 1. The molecular weight excluding hydrogens is 399 g/mol. The van der Waals surface area contributed by atoms with E-state index in [4.69, 9.17) is 4.74 Å². The number of halogens is 1. The molecule has 0 bridgehead atoms. The van der Waals surface area contributed by atoms with Crippen molar-refractivity contribution in [2.45, 2.75) is 31.4 Å². The molecule has 8 heteroatoms. The Bertz CT molecular complexity index is 987. The normalized spacial score (nSPS) is 22.5. The van der Waals surface area contributed by atoms with Gasteiger partial charge in [-0.1, -0.05) is 17.7 Å². The Kier molecular flexibility index (Phi) is 4.79. The second-order valence-corrected chi connectivity index (χ2v) is 8.58. The fraction of sp³-hybridized carbons (Fsp3) is 0.435. The van der Waals surface area contributed by atoms with Crippen LogP contribution in [0.5, 0.6) is 0 Å². The van der Waals surface area contributed by atoms with Gasteiger partial charge in [0.05, 0.1) is 12.2 Å². The summed E-state index contributed by atoms with van der Waals surface area (Å²) in [4.78, 5) is 35.5. The van der Waals surface area contributed by atoms with E-state index in [1.807, 2.05) is 36.1 Å². The highest BCUT2D eigenvalue weighted by Crippen LogP contribution is 2.41. The number of piperazine rings is 1. The molecular formula is C23H25FN4O3. The lowest BCUT2D eigenvalue weighted by Gasteiger charge is -2.45. The molecule has 1 aromatic heterocycles. The van der Waals surface area contributed by atoms with Gasteiger partial charge in [0.1, 0.15) is 17.2 Å². The molecule has 31 heavy (non-hydrogen) atoms. The minimum atomic E-state index is -0.611. The minimum absolute atomic E-state index is 0.0119. The molecule has 2 amide bonds. The van der Waals surface area contributed by atoms with E-state index in [2.05, 4.69) is 9.88 Å². The number of nitrogens with zero attached hydrogens (tertiary/aromatic N) is 4. The van der Waals surface area contributed by atoms with Crippen LogP contribution in [0.1, 0.15) is 28.8 Å². The van der Waals surface area contributed by atoms with Crippen LogP contribution >= 0.6 is 0 Å². The number of benzene rings is 1. The Morgan fingerprint density at radius 3 is 2.52 bits per heavy atom. The molecule has 0 radical (unpaired) electrons. The van der Waals surface area contributed by atoms with Gasteiger partial charge in [-0.15, -0.1) is 0 Å². The highest BCUT2D eigenvalue weighted by Gasteiger charge is 2.57. The smallest absolute Gasteiger partial charge is 0.410 e. The second-order valence-electron chi connectivity index (χ2n) is 8.58. The summed E-state index contributed by atoms with van der Waals surface area (Å²) in [7, 11) is 0. The van der Waals surface area contributed by atoms with E-state index < -0.39 is 5.60 Å². The zero-order valence-corrected chi connectivity index (χ0v) is 17.5. The number of anilines is 1. The molecule has 0 aliphatic carbocycles. The Hall–Kier alpha value is -3.16. The van der Waals surface area contributed by atoms with Crippen molar-refractivity contribution in [1.82, 2.24) is 14.8 Å². The number of amides is 2. The number of rotatable bonds is 2. The zero-order chi connectivity index (χ0) is 21.6. The summed E-state index contributed by atoms with van der Waals surface area (Å²) in [6.45, 7) is 4.75. The molecule has 7 nitrogen and oxygen atoms in total. The van der Waals surface area contributed by atoms with Gasteiger partial charge in [-0.2, -0.15) is 0 Å². The van der Waals surface area contributed by atoms with E-state index in [1.54, 1.807) is 11.0 Å². The van der Waals surface area contributed by atoms with Crippen LogP contribution < -0.4 is 4.90 Å². The third kappa shape index (κ3) is 3.49. The van der Waals surface area contributed by atoms with Crippen LogP contribution in [0.25, 0.3) is 0 Å². The molecule has 1 atom stereocenters. The van der Waals surface area contributed by atoms with Gasteiger partial charge in [0.2, 0.25) is 0 Å². The van der Waals surface area contributed by atoms with Gasteiger partial charge in [0.25, 0.3) is 5.91 Å². The summed E-state index contributed by atoms with van der Waals surface area (Å²) < 4.78 is 19.1. The Morgan fingerprint density at radius 1 is 1.10 bits per heavy atom. The van der Waals surface area contributed by atoms with E-state index >= 15 is 0 Å². The van der Waals surface area contributed by atoms with Crippen molar-refractivity contribution in [3.05, 3.63) is 59.5 Å². The molecule has 0 N–H and O–H groups in total. The first kappa shape index (κ1) is 19.8. The molecule has 1 unspecified atom stereocenters. The monoisotopic (exact) mass is 424 g/mol. The van der Waals surface area contributed by atoms with Crippen LogP contribution in [0.2, 0.25) is 0 Å². The highest BCUT2D eigenvalue weighted by atomic mass is 19.1. The van der Waals surface area contributed by atoms with E-state index in [-0.39, 0.29) is 23.9 Å². The van der Waals surface area contributed by atoms with Gasteiger partial charge in [-0.3, -0.25) is 9.69 Å². The van der Waals surface area contributed by atoms with Crippen LogP contribution in [-0.2, 0) is 4.74 Å². The number of hydrogen-bond donors (Lipinski definition) is 0. The van der Waals surface area contributed by atoms with Gasteiger partial charge in [-0.25, -0.2) is 14.2 Å². The molecule has 1 spiro atoms. The summed E-state index contributed by atoms with van der Waals surface area (Å²) in [5.41, 5.74) is 1.16. The molecule has 162 valence electrons. The first-order valence-corrected chi connectivity index (χ1v) is 10.7. The molecule has 4 heterocycles. The minimum Gasteiger partial charge on any atom is -0.440 e. The molecule has 3 aliphatic rings. The summed E-state index contributed by atoms with van der Waals surface area (Å²) >= 11 is 0. The van der Waals surface area contributed by atoms with Crippen molar-refractivity contribution < 1.29 is 18.7 Å². The van der Waals surface area contributed by atoms with Crippen molar-refractivity contribution >= 4 is 17.8 Å². The van der Waals surface area contributed by atoms with Crippen molar-refractivity contribution in [1.29, 1.82) is 0 Å². The lowest BCUT2D eigenvalue weighted by molar-refractivity contribution is -0.00320. The first-order valence-electron chi connectivity index (χ1n) is 10.7. The van der Waals surface area contributed by atoms with Crippen molar-refractivity contribution in [2.75, 3.05) is 37.6 Å². The first-order chi connectivity index (χ1) is 14.9. The lowest BCUT2D eigenvalue weighted by atomic mass is 9.83. The molecule has 3 fully saturated rings. The van der Waals surface area contributed by atoms with Crippen LogP contribution in [0.3, 0.4) is 0 Å². The zero-order valence-electron chi connectivity index (χ0n) is 17.5. The second kappa shape index (κ2) is 7.51. The highest BCUT2D eigenvalue weighted by molar-refractivity contribution is 5.94. The Balaban J connectivity index is 1.31. The van der Waals surface area contributed by atoms with Crippen molar-refractivity contribution in [3.63, 3.8) is 0 Å². The topological polar surface area (TPSA) is 66.0 Å². The quantitative estimate of drug-likeness (QED) is 0.742. The summed E-state index contributed by atoms with van der Waals surface area (Å²) in [6, 6.07) is 10.5. The Morgan fingerprint density at radius 2 is 1.84 bits per heavy atom. The fourth-order valence-electron chi connectivity index (χ4n) is 4.92. The van der Waals surface area contributed by atoms with Crippen molar-refractivity contribution in [3.8, 4) is 0 Å². The molecule has 3 aliphatic heterocycles. The number of carbonyl (C=O) groups is 2. The molecule has 5 rings (SSSR count). The SMILES string of the molecule is Cc1ccc(C(=O)N2CCN3C(=O)OC4(CCN(c5ccc(F)cn5)CC4)C3C2)cc1. The predicted molar refractivity (Wildman–Crippen MR) is 112 cm³/mol. The number of pyridine rings is 1. The maximum atomic E-state index is 13.2. The lowest BCUT2D eigenvalue weighted by Crippen LogP contribution is -2.61. The number of ether oxygens (including phenoxy) is 1. The van der Waals surface area contributed by atoms with E-state index in [9.17, 15) is 14.0 Å². The largest absolute Gasteiger partial charge is 0.440 e. The van der Waals surface area contributed by atoms with Gasteiger partial charge < -0.3 is 14.5 Å². The third-order valence-electron chi connectivity index (χ3n) is 6.74. The third-order valence-corrected chi connectivity index (χ3v) is 6.74. The van der Waals surface area contributed by atoms with Crippen LogP contribution in [0.15, 0.2) is 42.6 Å². The predicted octanol–water partition coefficient (Wildman–Crippen LogP) is 2.84. The fourth-order valence-corrected chi connectivity index (χ4v) is 4.92. The maximum Gasteiger partial charge on any atom is 0.410 e. The molecule has 2 aromatic rings. The standard InChI is InChI=1S/C23H25FN4O3/c1-16-2-4-17(5-3-16)21(29)27-12-13-28-19(15-27)23(31-22(28)30)8-10-26(11-9-23)20-7-6-18(24)14-25-20/h2-7,14,19H,8-13,15H2,1H3. The van der Waals surface area contributed by atoms with Crippen LogP contribution in [-0.4, -0.2) is 71.2 Å². The average molecular weight is 424 g/mol. The number of fused-ring (bicyclic) bond motifs is 2. The van der Waals surface area contributed by atoms with Gasteiger partial charge >= 0.3 is 6.09 Å². The number of hydrogen-bond acceptors (Lipinski definition) is 5. The Labute approximate surface area is 180 Å². The van der Waals surface area contributed by atoms with Gasteiger partial charge in [0, 0.05) is 51.1 Å². The number of carbonyl (C=O) groups excluding carboxylic acids is 2. The number of aromatic nitrogens is 1. The molecule has 3 saturated heterocycles. The number of piperidine rings is 1. The summed E-state index contributed by atoms with van der Waals surface area (Å²) in [5, 5.41) is 0. The van der Waals surface area contributed by atoms with Crippen molar-refractivity contribution in [2.24, 2.45) is 0 Å². The summed E-state index contributed by atoms with van der Waals surface area (Å²) in [5.74, 6) is 0.345. The van der Waals surface area contributed by atoms with E-state index in [0.29, 0.717) is 51.1 Å². The molecule has 0 saturated carbocycles. The average Bonchev–Trinajstić information content (AvgIpc) is 3.06. The van der Waals surface area contributed by atoms with E-state index in [1.165, 1.54) is 12.3 Å². The van der Waals surface area contributed by atoms with Crippen LogP contribution in [0.4, 0.5) is 15.0 Å². The van der Waals surface area contributed by atoms with Gasteiger partial charge in [-0.05, 0) is 31.2 Å². The van der Waals surface area contributed by atoms with Gasteiger partial charge in [0.15, 0.2) is 0 Å². The van der Waals surface area contributed by atoms with Crippen LogP contribution in [0, 0.1) is 12.7 Å². The summed E-state index contributed by atoms with van der Waals surface area (Å²) in [6.07, 6.45) is 2.21. The van der Waals surface area contributed by atoms with E-state index in [0.717, 1.165) is 11.4 Å².